The molecule has 1 aliphatic carbocycles. The number of carbonyl (C=O) groups excluding carboxylic acids is 1. The van der Waals surface area contributed by atoms with Gasteiger partial charge in [0.2, 0.25) is 5.91 Å². The number of hydrogen-bond acceptors (Lipinski definition) is 1. The van der Waals surface area contributed by atoms with Crippen molar-refractivity contribution in [2.24, 2.45) is 0 Å². The van der Waals surface area contributed by atoms with Crippen molar-refractivity contribution in [3.63, 3.8) is 0 Å². The van der Waals surface area contributed by atoms with Crippen LogP contribution >= 0.6 is 0 Å². The van der Waals surface area contributed by atoms with Crippen LogP contribution < -0.4 is 5.32 Å². The third kappa shape index (κ3) is 3.63. The Bertz CT molecular complexity index is 942. The molecule has 0 radical (unpaired) electrons. The van der Waals surface area contributed by atoms with Crippen LogP contribution in [-0.4, -0.2) is 11.9 Å². The molecule has 136 valence electrons. The molecule has 3 heteroatoms. The van der Waals surface area contributed by atoms with E-state index in [4.69, 9.17) is 0 Å². The molecule has 27 heavy (non-hydrogen) atoms. The Kier molecular flexibility index (Phi) is 4.76. The van der Waals surface area contributed by atoms with Crippen molar-refractivity contribution in [2.45, 2.75) is 31.7 Å². The minimum Gasteiger partial charge on any atom is -0.352 e. The van der Waals surface area contributed by atoms with E-state index in [-0.39, 0.29) is 17.8 Å². The summed E-state index contributed by atoms with van der Waals surface area (Å²) in [6, 6.07) is 22.9. The highest BCUT2D eigenvalue weighted by molar-refractivity contribution is 5.84. The lowest BCUT2D eigenvalue weighted by atomic mass is 9.96. The first-order valence-corrected chi connectivity index (χ1v) is 9.34. The largest absolute Gasteiger partial charge is 0.352 e. The van der Waals surface area contributed by atoms with Gasteiger partial charge in [0.05, 0.1) is 5.92 Å². The fourth-order valence-electron chi connectivity index (χ4n) is 3.79. The molecular formula is C24H22FNO. The van der Waals surface area contributed by atoms with E-state index >= 15 is 0 Å². The Labute approximate surface area is 159 Å². The van der Waals surface area contributed by atoms with Crippen LogP contribution in [0.1, 0.15) is 29.5 Å². The molecule has 0 fully saturated rings. The Morgan fingerprint density at radius 3 is 2.22 bits per heavy atom. The predicted octanol–water partition coefficient (Wildman–Crippen LogP) is 4.88. The van der Waals surface area contributed by atoms with E-state index in [1.807, 2.05) is 55.5 Å². The van der Waals surface area contributed by atoms with E-state index in [0.29, 0.717) is 11.1 Å². The van der Waals surface area contributed by atoms with Crippen LogP contribution in [0.5, 0.6) is 0 Å². The smallest absolute Gasteiger partial charge is 0.227 e. The highest BCUT2D eigenvalue weighted by Crippen LogP contribution is 2.27. The highest BCUT2D eigenvalue weighted by atomic mass is 19.1. The monoisotopic (exact) mass is 359 g/mol. The number of carbonyl (C=O) groups is 1. The fourth-order valence-corrected chi connectivity index (χ4v) is 3.79. The van der Waals surface area contributed by atoms with Crippen LogP contribution in [0.4, 0.5) is 4.39 Å². The van der Waals surface area contributed by atoms with Crippen LogP contribution in [0.15, 0.2) is 72.8 Å². The number of fused-ring (bicyclic) bond motifs is 1. The minimum atomic E-state index is -0.395. The van der Waals surface area contributed by atoms with E-state index in [2.05, 4.69) is 17.4 Å². The zero-order valence-corrected chi connectivity index (χ0v) is 15.3. The molecule has 3 aromatic rings. The van der Waals surface area contributed by atoms with Crippen molar-refractivity contribution in [3.05, 3.63) is 95.3 Å². The molecule has 0 bridgehead atoms. The van der Waals surface area contributed by atoms with Gasteiger partial charge in [-0.1, -0.05) is 66.7 Å². The van der Waals surface area contributed by atoms with Gasteiger partial charge >= 0.3 is 0 Å². The summed E-state index contributed by atoms with van der Waals surface area (Å²) in [6.45, 7) is 1.83. The molecule has 3 aromatic carbocycles. The van der Waals surface area contributed by atoms with E-state index in [1.165, 1.54) is 17.2 Å². The average molecular weight is 359 g/mol. The molecule has 4 rings (SSSR count). The lowest BCUT2D eigenvalue weighted by Crippen LogP contribution is -2.37. The zero-order chi connectivity index (χ0) is 18.8. The summed E-state index contributed by atoms with van der Waals surface area (Å²) in [5.74, 6) is -0.751. The van der Waals surface area contributed by atoms with Crippen molar-refractivity contribution >= 4 is 5.91 Å². The van der Waals surface area contributed by atoms with Crippen LogP contribution in [-0.2, 0) is 17.6 Å². The summed E-state index contributed by atoms with van der Waals surface area (Å²) >= 11 is 0. The molecule has 0 saturated carbocycles. The van der Waals surface area contributed by atoms with Gasteiger partial charge < -0.3 is 5.32 Å². The molecule has 1 unspecified atom stereocenters. The van der Waals surface area contributed by atoms with Gasteiger partial charge in [-0.2, -0.15) is 0 Å². The van der Waals surface area contributed by atoms with Gasteiger partial charge in [0.1, 0.15) is 5.82 Å². The number of halogens is 1. The normalized spacial score (nSPS) is 14.6. The maximum Gasteiger partial charge on any atom is 0.227 e. The summed E-state index contributed by atoms with van der Waals surface area (Å²) in [4.78, 5) is 12.7. The lowest BCUT2D eigenvalue weighted by molar-refractivity contribution is -0.122. The third-order valence-electron chi connectivity index (χ3n) is 5.37. The minimum absolute atomic E-state index is 0.0559. The summed E-state index contributed by atoms with van der Waals surface area (Å²) in [7, 11) is 0. The second-order valence-electron chi connectivity index (χ2n) is 7.21. The maximum atomic E-state index is 14.6. The Balaban J connectivity index is 1.46. The number of benzene rings is 3. The third-order valence-corrected chi connectivity index (χ3v) is 5.37. The number of rotatable bonds is 4. The van der Waals surface area contributed by atoms with Gasteiger partial charge in [-0.05, 0) is 48.1 Å². The van der Waals surface area contributed by atoms with E-state index in [9.17, 15) is 9.18 Å². The molecule has 0 aliphatic heterocycles. The molecule has 1 amide bonds. The van der Waals surface area contributed by atoms with Crippen molar-refractivity contribution in [3.8, 4) is 11.1 Å². The molecule has 1 N–H and O–H groups in total. The molecule has 0 spiro atoms. The second-order valence-corrected chi connectivity index (χ2v) is 7.21. The van der Waals surface area contributed by atoms with Crippen LogP contribution in [0.25, 0.3) is 11.1 Å². The number of hydrogen-bond donors (Lipinski definition) is 1. The van der Waals surface area contributed by atoms with Crippen molar-refractivity contribution in [2.75, 3.05) is 0 Å². The second kappa shape index (κ2) is 7.36. The predicted molar refractivity (Wildman–Crippen MR) is 106 cm³/mol. The molecule has 1 atom stereocenters. The zero-order valence-electron chi connectivity index (χ0n) is 15.3. The van der Waals surface area contributed by atoms with Crippen molar-refractivity contribution in [1.29, 1.82) is 0 Å². The first-order chi connectivity index (χ1) is 13.1. The van der Waals surface area contributed by atoms with E-state index in [1.54, 1.807) is 6.07 Å². The first-order valence-electron chi connectivity index (χ1n) is 9.34. The van der Waals surface area contributed by atoms with Gasteiger partial charge in [0.25, 0.3) is 0 Å². The van der Waals surface area contributed by atoms with Gasteiger partial charge in [0.15, 0.2) is 0 Å². The van der Waals surface area contributed by atoms with Gasteiger partial charge in [-0.25, -0.2) is 4.39 Å². The summed E-state index contributed by atoms with van der Waals surface area (Å²) < 4.78 is 14.6. The van der Waals surface area contributed by atoms with Crippen LogP contribution in [0.3, 0.4) is 0 Å². The maximum absolute atomic E-state index is 14.6. The Morgan fingerprint density at radius 1 is 0.963 bits per heavy atom. The van der Waals surface area contributed by atoms with E-state index < -0.39 is 5.92 Å². The quantitative estimate of drug-likeness (QED) is 0.707. The number of amides is 1. The van der Waals surface area contributed by atoms with Gasteiger partial charge in [-0.15, -0.1) is 0 Å². The standard InChI is InChI=1S/C24H22FNO/c1-16(24(27)26-21-13-19-9-5-6-10-20(19)14-21)18-11-12-22(23(25)15-18)17-7-3-2-4-8-17/h2-12,15-16,21H,13-14H2,1H3,(H,26,27). The van der Waals surface area contributed by atoms with Gasteiger partial charge in [0, 0.05) is 11.6 Å². The molecular weight excluding hydrogens is 337 g/mol. The van der Waals surface area contributed by atoms with Crippen molar-refractivity contribution < 1.29 is 9.18 Å². The molecule has 0 heterocycles. The molecule has 2 nitrogen and oxygen atoms in total. The van der Waals surface area contributed by atoms with Gasteiger partial charge in [-0.3, -0.25) is 4.79 Å². The van der Waals surface area contributed by atoms with E-state index in [0.717, 1.165) is 18.4 Å². The molecule has 0 saturated heterocycles. The number of nitrogens with one attached hydrogen (secondary N) is 1. The first kappa shape index (κ1) is 17.5. The molecule has 1 aliphatic rings. The average Bonchev–Trinajstić information content (AvgIpc) is 3.10. The topological polar surface area (TPSA) is 29.1 Å². The molecule has 0 aromatic heterocycles. The SMILES string of the molecule is CC(C(=O)NC1Cc2ccccc2C1)c1ccc(-c2ccccc2)c(F)c1. The fraction of sp³-hybridized carbons (Fsp3) is 0.208. The summed E-state index contributed by atoms with van der Waals surface area (Å²) in [6.07, 6.45) is 1.71. The van der Waals surface area contributed by atoms with Crippen molar-refractivity contribution in [1.82, 2.24) is 5.32 Å². The van der Waals surface area contributed by atoms with Crippen LogP contribution in [0, 0.1) is 5.82 Å². The Morgan fingerprint density at radius 2 is 1.59 bits per heavy atom. The Hall–Kier alpha value is -2.94. The summed E-state index contributed by atoms with van der Waals surface area (Å²) in [5, 5.41) is 3.13. The highest BCUT2D eigenvalue weighted by Gasteiger charge is 2.25. The van der Waals surface area contributed by atoms with Crippen LogP contribution in [0.2, 0.25) is 0 Å². The summed E-state index contributed by atoms with van der Waals surface area (Å²) in [5.41, 5.74) is 4.68. The lowest BCUT2D eigenvalue weighted by Gasteiger charge is -2.17.